The summed E-state index contributed by atoms with van der Waals surface area (Å²) in [6, 6.07) is 3.88. The predicted octanol–water partition coefficient (Wildman–Crippen LogP) is 1.02. The van der Waals surface area contributed by atoms with Crippen molar-refractivity contribution in [3.8, 4) is 0 Å². The highest BCUT2D eigenvalue weighted by Gasteiger charge is 2.02. The van der Waals surface area contributed by atoms with Crippen LogP contribution in [0, 0.1) is 0 Å². The minimum Gasteiger partial charge on any atom is -0.340 e. The Morgan fingerprint density at radius 2 is 2.31 bits per heavy atom. The van der Waals surface area contributed by atoms with Gasteiger partial charge in [0, 0.05) is 6.20 Å². The first-order valence-electron chi connectivity index (χ1n) is 4.20. The minimum atomic E-state index is 0.791. The van der Waals surface area contributed by atoms with Crippen LogP contribution in [0.5, 0.6) is 0 Å². The van der Waals surface area contributed by atoms with Crippen LogP contribution in [0.15, 0.2) is 18.3 Å². The molecule has 0 saturated heterocycles. The lowest BCUT2D eigenvalue weighted by molar-refractivity contribution is 0.392. The number of hydrogen-bond donors (Lipinski definition) is 1. The number of rotatable bonds is 2. The summed E-state index contributed by atoms with van der Waals surface area (Å²) in [5.74, 6) is 0.957. The molecule has 0 atom stereocenters. The van der Waals surface area contributed by atoms with E-state index in [0.29, 0.717) is 0 Å². The van der Waals surface area contributed by atoms with Crippen LogP contribution in [0.25, 0.3) is 11.2 Å². The molecule has 0 aliphatic heterocycles. The van der Waals surface area contributed by atoms with Crippen molar-refractivity contribution in [1.82, 2.24) is 19.9 Å². The molecular weight excluding hydrogens is 164 g/mol. The third kappa shape index (κ3) is 1.67. The second kappa shape index (κ2) is 3.14. The summed E-state index contributed by atoms with van der Waals surface area (Å²) in [6.07, 6.45) is 1.75. The molecule has 0 unspecified atom stereocenters. The summed E-state index contributed by atoms with van der Waals surface area (Å²) in [5.41, 5.74) is 1.79. The Morgan fingerprint density at radius 1 is 1.46 bits per heavy atom. The SMILES string of the molecule is CN(C)Cc1nc2ncccc2[nH]1. The molecule has 0 saturated carbocycles. The van der Waals surface area contributed by atoms with E-state index in [-0.39, 0.29) is 0 Å². The normalized spacial score (nSPS) is 11.3. The van der Waals surface area contributed by atoms with E-state index in [1.807, 2.05) is 26.2 Å². The third-order valence-corrected chi connectivity index (χ3v) is 1.77. The van der Waals surface area contributed by atoms with Crippen LogP contribution in [0.2, 0.25) is 0 Å². The molecule has 2 rings (SSSR count). The van der Waals surface area contributed by atoms with Gasteiger partial charge in [0.2, 0.25) is 0 Å². The fourth-order valence-corrected chi connectivity index (χ4v) is 1.27. The maximum Gasteiger partial charge on any atom is 0.177 e. The van der Waals surface area contributed by atoms with Gasteiger partial charge >= 0.3 is 0 Å². The van der Waals surface area contributed by atoms with Gasteiger partial charge in [-0.05, 0) is 26.2 Å². The van der Waals surface area contributed by atoms with Crippen LogP contribution in [0.1, 0.15) is 5.82 Å². The summed E-state index contributed by atoms with van der Waals surface area (Å²) in [6.45, 7) is 0.816. The molecule has 0 aromatic carbocycles. The van der Waals surface area contributed by atoms with Crippen molar-refractivity contribution >= 4 is 11.2 Å². The van der Waals surface area contributed by atoms with Crippen molar-refractivity contribution in [1.29, 1.82) is 0 Å². The van der Waals surface area contributed by atoms with Crippen molar-refractivity contribution in [2.45, 2.75) is 6.54 Å². The van der Waals surface area contributed by atoms with Crippen LogP contribution in [0.4, 0.5) is 0 Å². The monoisotopic (exact) mass is 176 g/mol. The Kier molecular flexibility index (Phi) is 1.98. The summed E-state index contributed by atoms with van der Waals surface area (Å²) < 4.78 is 0. The first kappa shape index (κ1) is 8.19. The lowest BCUT2D eigenvalue weighted by Gasteiger charge is -2.04. The summed E-state index contributed by atoms with van der Waals surface area (Å²) in [5, 5.41) is 0. The molecule has 0 fully saturated rings. The lowest BCUT2D eigenvalue weighted by Crippen LogP contribution is -2.11. The molecule has 0 bridgehead atoms. The van der Waals surface area contributed by atoms with E-state index < -0.39 is 0 Å². The molecule has 4 nitrogen and oxygen atoms in total. The van der Waals surface area contributed by atoms with Gasteiger partial charge < -0.3 is 9.88 Å². The first-order chi connectivity index (χ1) is 6.25. The average Bonchev–Trinajstić information content (AvgIpc) is 2.44. The summed E-state index contributed by atoms with van der Waals surface area (Å²) in [4.78, 5) is 13.8. The molecule has 2 heterocycles. The number of fused-ring (bicyclic) bond motifs is 1. The number of nitrogens with zero attached hydrogens (tertiary/aromatic N) is 3. The van der Waals surface area contributed by atoms with Gasteiger partial charge in [0.05, 0.1) is 12.1 Å². The van der Waals surface area contributed by atoms with Gasteiger partial charge in [-0.15, -0.1) is 0 Å². The summed E-state index contributed by atoms with van der Waals surface area (Å²) >= 11 is 0. The molecule has 0 aliphatic carbocycles. The van der Waals surface area contributed by atoms with Gasteiger partial charge in [-0.3, -0.25) is 0 Å². The molecule has 2 aromatic heterocycles. The van der Waals surface area contributed by atoms with E-state index in [1.165, 1.54) is 0 Å². The van der Waals surface area contributed by atoms with Gasteiger partial charge in [0.1, 0.15) is 5.82 Å². The number of aromatic amines is 1. The Balaban J connectivity index is 2.38. The molecule has 0 radical (unpaired) electrons. The van der Waals surface area contributed by atoms with Crippen molar-refractivity contribution in [2.24, 2.45) is 0 Å². The van der Waals surface area contributed by atoms with Crippen molar-refractivity contribution < 1.29 is 0 Å². The number of aromatic nitrogens is 3. The van der Waals surface area contributed by atoms with Crippen LogP contribution in [-0.2, 0) is 6.54 Å². The molecule has 4 heteroatoms. The molecule has 0 aliphatic rings. The third-order valence-electron chi connectivity index (χ3n) is 1.77. The standard InChI is InChI=1S/C9H12N4/c1-13(2)6-8-11-7-4-3-5-10-9(7)12-8/h3-5H,6H2,1-2H3,(H,10,11,12). The topological polar surface area (TPSA) is 44.8 Å². The number of H-pyrrole nitrogens is 1. The highest BCUT2D eigenvalue weighted by Crippen LogP contribution is 2.07. The highest BCUT2D eigenvalue weighted by atomic mass is 15.1. The number of imidazole rings is 1. The van der Waals surface area contributed by atoms with Crippen molar-refractivity contribution in [3.05, 3.63) is 24.2 Å². The van der Waals surface area contributed by atoms with E-state index in [4.69, 9.17) is 0 Å². The molecule has 0 amide bonds. The van der Waals surface area contributed by atoms with Gasteiger partial charge in [-0.2, -0.15) is 0 Å². The van der Waals surface area contributed by atoms with Crippen LogP contribution in [0.3, 0.4) is 0 Å². The quantitative estimate of drug-likeness (QED) is 0.743. The van der Waals surface area contributed by atoms with Gasteiger partial charge in [0.15, 0.2) is 5.65 Å². The second-order valence-corrected chi connectivity index (χ2v) is 3.30. The average molecular weight is 176 g/mol. The van der Waals surface area contributed by atoms with Gasteiger partial charge in [-0.25, -0.2) is 9.97 Å². The predicted molar refractivity (Wildman–Crippen MR) is 51.3 cm³/mol. The Hall–Kier alpha value is -1.42. The molecule has 68 valence electrons. The second-order valence-electron chi connectivity index (χ2n) is 3.30. The maximum atomic E-state index is 4.34. The lowest BCUT2D eigenvalue weighted by atomic mass is 10.4. The maximum absolute atomic E-state index is 4.34. The van der Waals surface area contributed by atoms with Crippen molar-refractivity contribution in [2.75, 3.05) is 14.1 Å². The van der Waals surface area contributed by atoms with Crippen molar-refractivity contribution in [3.63, 3.8) is 0 Å². The zero-order chi connectivity index (χ0) is 9.26. The van der Waals surface area contributed by atoms with E-state index in [9.17, 15) is 0 Å². The number of hydrogen-bond acceptors (Lipinski definition) is 3. The van der Waals surface area contributed by atoms with E-state index in [1.54, 1.807) is 6.20 Å². The Labute approximate surface area is 76.6 Å². The largest absolute Gasteiger partial charge is 0.340 e. The molecule has 2 aromatic rings. The minimum absolute atomic E-state index is 0.791. The Morgan fingerprint density at radius 3 is 3.00 bits per heavy atom. The van der Waals surface area contributed by atoms with E-state index in [2.05, 4.69) is 19.9 Å². The van der Waals surface area contributed by atoms with Crippen LogP contribution in [-0.4, -0.2) is 33.9 Å². The highest BCUT2D eigenvalue weighted by molar-refractivity contribution is 5.69. The van der Waals surface area contributed by atoms with Crippen LogP contribution < -0.4 is 0 Å². The fraction of sp³-hybridized carbons (Fsp3) is 0.333. The zero-order valence-corrected chi connectivity index (χ0v) is 7.78. The van der Waals surface area contributed by atoms with Gasteiger partial charge in [-0.1, -0.05) is 0 Å². The Bertz CT molecular complexity index is 372. The molecule has 1 N–H and O–H groups in total. The first-order valence-corrected chi connectivity index (χ1v) is 4.20. The zero-order valence-electron chi connectivity index (χ0n) is 7.78. The van der Waals surface area contributed by atoms with E-state index in [0.717, 1.165) is 23.5 Å². The number of pyridine rings is 1. The smallest absolute Gasteiger partial charge is 0.177 e. The van der Waals surface area contributed by atoms with Crippen LogP contribution >= 0.6 is 0 Å². The molecular formula is C9H12N4. The fourth-order valence-electron chi connectivity index (χ4n) is 1.27. The number of nitrogens with one attached hydrogen (secondary N) is 1. The molecule has 0 spiro atoms. The van der Waals surface area contributed by atoms with E-state index >= 15 is 0 Å². The van der Waals surface area contributed by atoms with Gasteiger partial charge in [0.25, 0.3) is 0 Å². The molecule has 13 heavy (non-hydrogen) atoms. The summed E-state index contributed by atoms with van der Waals surface area (Å²) in [7, 11) is 4.03.